The van der Waals surface area contributed by atoms with Gasteiger partial charge >= 0.3 is 0 Å². The van der Waals surface area contributed by atoms with Gasteiger partial charge in [-0.15, -0.1) is 0 Å². The first-order chi connectivity index (χ1) is 13.6. The van der Waals surface area contributed by atoms with Crippen molar-refractivity contribution >= 4 is 34.4 Å². The van der Waals surface area contributed by atoms with Gasteiger partial charge < -0.3 is 15.0 Å². The van der Waals surface area contributed by atoms with Crippen LogP contribution in [0.5, 0.6) is 0 Å². The molecule has 1 saturated heterocycles. The number of nitrogens with two attached hydrogens (primary N) is 1. The van der Waals surface area contributed by atoms with Crippen LogP contribution in [-0.4, -0.2) is 53.1 Å². The van der Waals surface area contributed by atoms with Crippen molar-refractivity contribution in [3.63, 3.8) is 0 Å². The molecule has 0 radical (unpaired) electrons. The molecule has 0 saturated carbocycles. The molecule has 0 unspecified atom stereocenters. The first-order valence-electron chi connectivity index (χ1n) is 9.44. The van der Waals surface area contributed by atoms with Gasteiger partial charge in [0.05, 0.1) is 24.2 Å². The van der Waals surface area contributed by atoms with Crippen LogP contribution in [0.2, 0.25) is 5.02 Å². The molecule has 1 fully saturated rings. The minimum Gasteiger partial charge on any atom is -0.379 e. The average Bonchev–Trinajstić information content (AvgIpc) is 3.04. The summed E-state index contributed by atoms with van der Waals surface area (Å²) in [5.41, 5.74) is 9.49. The zero-order chi connectivity index (χ0) is 19.5. The number of morpholine rings is 1. The molecule has 0 spiro atoms. The Morgan fingerprint density at radius 3 is 2.61 bits per heavy atom. The molecule has 2 aromatic carbocycles. The number of carbonyl (C=O) groups is 1. The zero-order valence-corrected chi connectivity index (χ0v) is 16.4. The molecule has 0 aliphatic carbocycles. The third-order valence-electron chi connectivity index (χ3n) is 5.15. The van der Waals surface area contributed by atoms with Crippen molar-refractivity contribution in [1.82, 2.24) is 14.5 Å². The van der Waals surface area contributed by atoms with E-state index in [2.05, 4.69) is 9.88 Å². The van der Waals surface area contributed by atoms with E-state index in [1.165, 1.54) is 0 Å². The van der Waals surface area contributed by atoms with Crippen molar-refractivity contribution < 1.29 is 9.53 Å². The summed E-state index contributed by atoms with van der Waals surface area (Å²) in [5.74, 6) is 0.514. The van der Waals surface area contributed by atoms with Crippen LogP contribution >= 0.6 is 11.6 Å². The number of ketones is 1. The topological polar surface area (TPSA) is 73.4 Å². The fraction of sp³-hybridized carbons (Fsp3) is 0.333. The van der Waals surface area contributed by atoms with Crippen LogP contribution in [0, 0.1) is 0 Å². The van der Waals surface area contributed by atoms with Crippen LogP contribution < -0.4 is 5.73 Å². The first-order valence-corrected chi connectivity index (χ1v) is 9.82. The van der Waals surface area contributed by atoms with Crippen LogP contribution in [0.15, 0.2) is 42.5 Å². The normalized spacial score (nSPS) is 15.2. The number of halogens is 1. The molecule has 1 aromatic heterocycles. The van der Waals surface area contributed by atoms with E-state index < -0.39 is 0 Å². The predicted octanol–water partition coefficient (Wildman–Crippen LogP) is 3.03. The second-order valence-corrected chi connectivity index (χ2v) is 7.40. The number of hydrogen-bond acceptors (Lipinski definition) is 5. The van der Waals surface area contributed by atoms with Crippen LogP contribution in [0.25, 0.3) is 11.0 Å². The number of hydrogen-bond donors (Lipinski definition) is 1. The summed E-state index contributed by atoms with van der Waals surface area (Å²) < 4.78 is 7.43. The standard InChI is InChI=1S/C21H23ClN4O2/c22-17-6-4-15(5-7-17)19(27)14-16-2-1-3-18-20(16)24-21(23)26(18)9-8-25-10-12-28-13-11-25/h1-7H,8-14H2,(H2,23,24). The number of nitrogens with zero attached hydrogens (tertiary/aromatic N) is 3. The lowest BCUT2D eigenvalue weighted by Crippen LogP contribution is -2.38. The minimum atomic E-state index is 0.0330. The third-order valence-corrected chi connectivity index (χ3v) is 5.40. The number of para-hydroxylation sites is 1. The summed E-state index contributed by atoms with van der Waals surface area (Å²) in [4.78, 5) is 19.6. The van der Waals surface area contributed by atoms with Crippen molar-refractivity contribution in [2.75, 3.05) is 38.6 Å². The Morgan fingerprint density at radius 2 is 1.86 bits per heavy atom. The van der Waals surface area contributed by atoms with Crippen molar-refractivity contribution in [2.24, 2.45) is 0 Å². The number of imidazole rings is 1. The molecule has 1 aliphatic heterocycles. The summed E-state index contributed by atoms with van der Waals surface area (Å²) in [6.45, 7) is 5.08. The number of benzene rings is 2. The fourth-order valence-corrected chi connectivity index (χ4v) is 3.70. The molecule has 7 heteroatoms. The van der Waals surface area contributed by atoms with Gasteiger partial charge in [0.1, 0.15) is 0 Å². The van der Waals surface area contributed by atoms with E-state index in [4.69, 9.17) is 22.1 Å². The summed E-state index contributed by atoms with van der Waals surface area (Å²) in [5, 5.41) is 0.616. The Kier molecular flexibility index (Phi) is 5.62. The van der Waals surface area contributed by atoms with Crippen LogP contribution in [0.4, 0.5) is 5.95 Å². The Morgan fingerprint density at radius 1 is 1.11 bits per heavy atom. The number of aromatic nitrogens is 2. The number of carbonyl (C=O) groups excluding carboxylic acids is 1. The van der Waals surface area contributed by atoms with Gasteiger partial charge in [0.15, 0.2) is 5.78 Å². The molecule has 6 nitrogen and oxygen atoms in total. The first kappa shape index (κ1) is 18.9. The smallest absolute Gasteiger partial charge is 0.201 e. The lowest BCUT2D eigenvalue weighted by atomic mass is 10.0. The maximum absolute atomic E-state index is 12.7. The van der Waals surface area contributed by atoms with Crippen molar-refractivity contribution in [3.8, 4) is 0 Å². The van der Waals surface area contributed by atoms with Gasteiger partial charge in [-0.3, -0.25) is 9.69 Å². The monoisotopic (exact) mass is 398 g/mol. The molecule has 3 aromatic rings. The van der Waals surface area contributed by atoms with Gasteiger partial charge in [-0.05, 0) is 35.9 Å². The molecule has 0 bridgehead atoms. The number of rotatable bonds is 6. The van der Waals surface area contributed by atoms with E-state index in [1.54, 1.807) is 24.3 Å². The minimum absolute atomic E-state index is 0.0330. The molecule has 2 N–H and O–H groups in total. The number of ether oxygens (including phenoxy) is 1. The summed E-state index contributed by atoms with van der Waals surface area (Å²) >= 11 is 5.91. The largest absolute Gasteiger partial charge is 0.379 e. The van der Waals surface area contributed by atoms with Gasteiger partial charge in [-0.2, -0.15) is 0 Å². The Balaban J connectivity index is 1.55. The second-order valence-electron chi connectivity index (χ2n) is 6.97. The third kappa shape index (κ3) is 4.04. The van der Waals surface area contributed by atoms with E-state index >= 15 is 0 Å². The molecule has 146 valence electrons. The molecular formula is C21H23ClN4O2. The summed E-state index contributed by atoms with van der Waals surface area (Å²) in [6.07, 6.45) is 0.277. The molecular weight excluding hydrogens is 376 g/mol. The molecule has 0 atom stereocenters. The highest BCUT2D eigenvalue weighted by Crippen LogP contribution is 2.23. The number of nitrogen functional groups attached to an aromatic ring is 1. The fourth-order valence-electron chi connectivity index (χ4n) is 3.58. The lowest BCUT2D eigenvalue weighted by molar-refractivity contribution is 0.0366. The predicted molar refractivity (Wildman–Crippen MR) is 111 cm³/mol. The lowest BCUT2D eigenvalue weighted by Gasteiger charge is -2.26. The van der Waals surface area contributed by atoms with E-state index in [1.807, 2.05) is 22.8 Å². The summed E-state index contributed by atoms with van der Waals surface area (Å²) in [6, 6.07) is 12.9. The van der Waals surface area contributed by atoms with E-state index in [-0.39, 0.29) is 12.2 Å². The molecule has 4 rings (SSSR count). The number of Topliss-reactive ketones (excluding diaryl/α,β-unsaturated/α-hetero) is 1. The average molecular weight is 399 g/mol. The SMILES string of the molecule is Nc1nc2c(CC(=O)c3ccc(Cl)cc3)cccc2n1CCN1CCOCC1. The zero-order valence-electron chi connectivity index (χ0n) is 15.6. The van der Waals surface area contributed by atoms with Crippen LogP contribution in [-0.2, 0) is 17.7 Å². The molecule has 1 aliphatic rings. The van der Waals surface area contributed by atoms with Crippen LogP contribution in [0.1, 0.15) is 15.9 Å². The summed E-state index contributed by atoms with van der Waals surface area (Å²) in [7, 11) is 0. The van der Waals surface area contributed by atoms with Gasteiger partial charge in [-0.25, -0.2) is 4.98 Å². The van der Waals surface area contributed by atoms with Crippen molar-refractivity contribution in [1.29, 1.82) is 0 Å². The molecule has 28 heavy (non-hydrogen) atoms. The highest BCUT2D eigenvalue weighted by atomic mass is 35.5. The van der Waals surface area contributed by atoms with Crippen molar-refractivity contribution in [2.45, 2.75) is 13.0 Å². The quantitative estimate of drug-likeness (QED) is 0.646. The van der Waals surface area contributed by atoms with Gasteiger partial charge in [0, 0.05) is 43.2 Å². The maximum Gasteiger partial charge on any atom is 0.201 e. The molecule has 2 heterocycles. The van der Waals surface area contributed by atoms with Gasteiger partial charge in [-0.1, -0.05) is 23.7 Å². The maximum atomic E-state index is 12.7. The Labute approximate surface area is 168 Å². The van der Waals surface area contributed by atoms with Crippen molar-refractivity contribution in [3.05, 3.63) is 58.6 Å². The second kappa shape index (κ2) is 8.31. The highest BCUT2D eigenvalue weighted by Gasteiger charge is 2.16. The van der Waals surface area contributed by atoms with Gasteiger partial charge in [0.2, 0.25) is 5.95 Å². The highest BCUT2D eigenvalue weighted by molar-refractivity contribution is 6.30. The van der Waals surface area contributed by atoms with Crippen LogP contribution in [0.3, 0.4) is 0 Å². The molecule has 0 amide bonds. The van der Waals surface area contributed by atoms with Gasteiger partial charge in [0.25, 0.3) is 0 Å². The van der Waals surface area contributed by atoms with E-state index in [0.29, 0.717) is 16.5 Å². The van der Waals surface area contributed by atoms with E-state index in [0.717, 1.165) is 56.0 Å². The Bertz CT molecular complexity index is 978. The van der Waals surface area contributed by atoms with E-state index in [9.17, 15) is 4.79 Å². The Hall–Kier alpha value is -2.41. The number of anilines is 1. The number of fused-ring (bicyclic) bond motifs is 1.